The van der Waals surface area contributed by atoms with E-state index in [1.165, 1.54) is 0 Å². The molecule has 1 aliphatic heterocycles. The number of halogens is 1. The third-order valence-electron chi connectivity index (χ3n) is 3.76. The van der Waals surface area contributed by atoms with Gasteiger partial charge in [-0.3, -0.25) is 9.59 Å². The van der Waals surface area contributed by atoms with E-state index in [1.807, 2.05) is 11.8 Å². The van der Waals surface area contributed by atoms with Crippen molar-refractivity contribution in [3.8, 4) is 0 Å². The standard InChI is InChI=1S/C14H27N3O2.ClH/c1-11(15)12-7-4-5-10-17(12)14(19)9-6-8-13(18)16(2)3;/h11-12H,4-10,15H2,1-3H3;1H. The minimum absolute atomic E-state index is 0. The lowest BCUT2D eigenvalue weighted by Crippen LogP contribution is -2.51. The number of nitrogens with zero attached hydrogens (tertiary/aromatic N) is 2. The second kappa shape index (κ2) is 9.19. The molecule has 1 fully saturated rings. The van der Waals surface area contributed by atoms with Gasteiger partial charge in [-0.05, 0) is 32.6 Å². The molecule has 1 aliphatic rings. The van der Waals surface area contributed by atoms with Crippen molar-refractivity contribution in [3.63, 3.8) is 0 Å². The molecule has 1 rings (SSSR count). The molecule has 118 valence electrons. The molecule has 1 heterocycles. The molecule has 0 aromatic rings. The summed E-state index contributed by atoms with van der Waals surface area (Å²) in [6.45, 7) is 2.78. The summed E-state index contributed by atoms with van der Waals surface area (Å²) >= 11 is 0. The molecule has 0 saturated carbocycles. The zero-order valence-corrected chi connectivity index (χ0v) is 13.6. The molecular formula is C14H28ClN3O2. The van der Waals surface area contributed by atoms with Crippen molar-refractivity contribution in [2.24, 2.45) is 5.73 Å². The molecule has 2 N–H and O–H groups in total. The molecule has 5 nitrogen and oxygen atoms in total. The Morgan fingerprint density at radius 3 is 2.50 bits per heavy atom. The van der Waals surface area contributed by atoms with Crippen LogP contribution in [0.2, 0.25) is 0 Å². The Hall–Kier alpha value is -0.810. The number of likely N-dealkylation sites (tertiary alicyclic amines) is 1. The highest BCUT2D eigenvalue weighted by atomic mass is 35.5. The predicted molar refractivity (Wildman–Crippen MR) is 82.8 cm³/mol. The second-order valence-electron chi connectivity index (χ2n) is 5.65. The van der Waals surface area contributed by atoms with Crippen LogP contribution in [0.25, 0.3) is 0 Å². The molecule has 0 aromatic heterocycles. The maximum Gasteiger partial charge on any atom is 0.222 e. The van der Waals surface area contributed by atoms with Gasteiger partial charge in [0.2, 0.25) is 11.8 Å². The average Bonchev–Trinajstić information content (AvgIpc) is 2.38. The van der Waals surface area contributed by atoms with Gasteiger partial charge in [-0.2, -0.15) is 0 Å². The van der Waals surface area contributed by atoms with E-state index in [-0.39, 0.29) is 36.3 Å². The number of hydrogen-bond acceptors (Lipinski definition) is 3. The zero-order valence-electron chi connectivity index (χ0n) is 12.8. The Bertz CT molecular complexity index is 322. The number of nitrogens with two attached hydrogens (primary N) is 1. The molecule has 20 heavy (non-hydrogen) atoms. The van der Waals surface area contributed by atoms with Crippen molar-refractivity contribution in [1.82, 2.24) is 9.80 Å². The van der Waals surface area contributed by atoms with Crippen LogP contribution < -0.4 is 5.73 Å². The Kier molecular flexibility index (Phi) is 8.81. The van der Waals surface area contributed by atoms with Crippen LogP contribution in [-0.4, -0.2) is 54.3 Å². The van der Waals surface area contributed by atoms with Crippen molar-refractivity contribution >= 4 is 24.2 Å². The molecule has 0 bridgehead atoms. The fraction of sp³-hybridized carbons (Fsp3) is 0.857. The van der Waals surface area contributed by atoms with E-state index in [1.54, 1.807) is 19.0 Å². The number of carbonyl (C=O) groups is 2. The first-order valence-electron chi connectivity index (χ1n) is 7.18. The minimum Gasteiger partial charge on any atom is -0.349 e. The van der Waals surface area contributed by atoms with Crippen LogP contribution in [0.5, 0.6) is 0 Å². The van der Waals surface area contributed by atoms with Crippen molar-refractivity contribution in [2.75, 3.05) is 20.6 Å². The molecule has 2 unspecified atom stereocenters. The summed E-state index contributed by atoms with van der Waals surface area (Å²) < 4.78 is 0. The van der Waals surface area contributed by atoms with Crippen molar-refractivity contribution in [3.05, 3.63) is 0 Å². The predicted octanol–water partition coefficient (Wildman–Crippen LogP) is 1.39. The number of piperidine rings is 1. The number of hydrogen-bond donors (Lipinski definition) is 1. The second-order valence-corrected chi connectivity index (χ2v) is 5.65. The lowest BCUT2D eigenvalue weighted by atomic mass is 9.96. The van der Waals surface area contributed by atoms with Crippen LogP contribution in [0, 0.1) is 0 Å². The van der Waals surface area contributed by atoms with Gasteiger partial charge >= 0.3 is 0 Å². The van der Waals surface area contributed by atoms with Gasteiger partial charge in [0.25, 0.3) is 0 Å². The summed E-state index contributed by atoms with van der Waals surface area (Å²) in [5, 5.41) is 0. The van der Waals surface area contributed by atoms with Crippen LogP contribution in [0.1, 0.15) is 45.4 Å². The summed E-state index contributed by atoms with van der Waals surface area (Å²) in [5.41, 5.74) is 5.96. The maximum atomic E-state index is 12.2. The summed E-state index contributed by atoms with van der Waals surface area (Å²) in [5.74, 6) is 0.226. The first kappa shape index (κ1) is 19.2. The van der Waals surface area contributed by atoms with E-state index in [0.717, 1.165) is 25.8 Å². The number of carbonyl (C=O) groups excluding carboxylic acids is 2. The zero-order chi connectivity index (χ0) is 14.4. The Balaban J connectivity index is 0.00000361. The van der Waals surface area contributed by atoms with Crippen LogP contribution in [0.15, 0.2) is 0 Å². The topological polar surface area (TPSA) is 66.6 Å². The summed E-state index contributed by atoms with van der Waals surface area (Å²) in [6.07, 6.45) is 4.72. The molecule has 1 saturated heterocycles. The smallest absolute Gasteiger partial charge is 0.222 e. The molecule has 2 amide bonds. The highest BCUT2D eigenvalue weighted by Crippen LogP contribution is 2.20. The third-order valence-corrected chi connectivity index (χ3v) is 3.76. The summed E-state index contributed by atoms with van der Waals surface area (Å²) in [7, 11) is 3.47. The summed E-state index contributed by atoms with van der Waals surface area (Å²) in [4.78, 5) is 27.2. The van der Waals surface area contributed by atoms with Crippen LogP contribution in [-0.2, 0) is 9.59 Å². The quantitative estimate of drug-likeness (QED) is 0.835. The Labute approximate surface area is 128 Å². The maximum absolute atomic E-state index is 12.2. The Morgan fingerprint density at radius 2 is 1.95 bits per heavy atom. The molecule has 0 radical (unpaired) electrons. The Morgan fingerprint density at radius 1 is 1.30 bits per heavy atom. The van der Waals surface area contributed by atoms with Crippen molar-refractivity contribution in [2.45, 2.75) is 57.5 Å². The van der Waals surface area contributed by atoms with Gasteiger partial charge in [0.05, 0.1) is 0 Å². The first-order valence-corrected chi connectivity index (χ1v) is 7.18. The molecule has 6 heteroatoms. The fourth-order valence-corrected chi connectivity index (χ4v) is 2.57. The SMILES string of the molecule is CC(N)C1CCCCN1C(=O)CCCC(=O)N(C)C.Cl. The van der Waals surface area contributed by atoms with E-state index in [9.17, 15) is 9.59 Å². The fourth-order valence-electron chi connectivity index (χ4n) is 2.57. The largest absolute Gasteiger partial charge is 0.349 e. The van der Waals surface area contributed by atoms with Gasteiger partial charge in [-0.15, -0.1) is 12.4 Å². The van der Waals surface area contributed by atoms with Crippen molar-refractivity contribution in [1.29, 1.82) is 0 Å². The lowest BCUT2D eigenvalue weighted by Gasteiger charge is -2.38. The van der Waals surface area contributed by atoms with Gasteiger partial charge in [0, 0.05) is 45.6 Å². The molecule has 0 aliphatic carbocycles. The highest BCUT2D eigenvalue weighted by molar-refractivity contribution is 5.85. The van der Waals surface area contributed by atoms with E-state index in [4.69, 9.17) is 5.73 Å². The molecule has 2 atom stereocenters. The van der Waals surface area contributed by atoms with E-state index in [2.05, 4.69) is 0 Å². The lowest BCUT2D eigenvalue weighted by molar-refractivity contribution is -0.135. The number of rotatable bonds is 5. The highest BCUT2D eigenvalue weighted by Gasteiger charge is 2.28. The van der Waals surface area contributed by atoms with Gasteiger partial charge in [0.1, 0.15) is 0 Å². The van der Waals surface area contributed by atoms with Crippen LogP contribution in [0.3, 0.4) is 0 Å². The molecule has 0 spiro atoms. The van der Waals surface area contributed by atoms with Gasteiger partial charge in [-0.25, -0.2) is 0 Å². The van der Waals surface area contributed by atoms with Gasteiger partial charge in [-0.1, -0.05) is 0 Å². The van der Waals surface area contributed by atoms with Crippen molar-refractivity contribution < 1.29 is 9.59 Å². The average molecular weight is 306 g/mol. The van der Waals surface area contributed by atoms with E-state index < -0.39 is 0 Å². The van der Waals surface area contributed by atoms with Crippen LogP contribution in [0.4, 0.5) is 0 Å². The van der Waals surface area contributed by atoms with Crippen LogP contribution >= 0.6 is 12.4 Å². The number of amides is 2. The normalized spacial score (nSPS) is 20.0. The minimum atomic E-state index is 0. The third kappa shape index (κ3) is 5.67. The van der Waals surface area contributed by atoms with E-state index >= 15 is 0 Å². The van der Waals surface area contributed by atoms with Gasteiger partial charge < -0.3 is 15.5 Å². The monoisotopic (exact) mass is 305 g/mol. The summed E-state index contributed by atoms with van der Waals surface area (Å²) in [6, 6.07) is 0.193. The van der Waals surface area contributed by atoms with Gasteiger partial charge in [0.15, 0.2) is 0 Å². The van der Waals surface area contributed by atoms with E-state index in [0.29, 0.717) is 19.3 Å². The molecule has 0 aromatic carbocycles. The first-order chi connectivity index (χ1) is 8.93. The molecular weight excluding hydrogens is 278 g/mol.